The van der Waals surface area contributed by atoms with Crippen molar-refractivity contribution in [3.8, 4) is 21.8 Å². The standard InChI is InChI=1S/C17H11FN4S2/c1-21-7-13(12-6-11(18)2-3-15(12)21)16-20-22-8-14(19-17(22)24-16)10-4-5-23-9-10/h2-9H,1H3. The van der Waals surface area contributed by atoms with Gasteiger partial charge in [-0.15, -0.1) is 0 Å². The molecule has 0 amide bonds. The number of hydrogen-bond donors (Lipinski definition) is 0. The maximum Gasteiger partial charge on any atom is 0.213 e. The molecule has 0 unspecified atom stereocenters. The summed E-state index contributed by atoms with van der Waals surface area (Å²) >= 11 is 3.16. The Morgan fingerprint density at radius 3 is 2.88 bits per heavy atom. The van der Waals surface area contributed by atoms with Crippen LogP contribution in [0.25, 0.3) is 37.7 Å². The Kier molecular flexibility index (Phi) is 2.89. The fourth-order valence-electron chi connectivity index (χ4n) is 2.89. The van der Waals surface area contributed by atoms with Crippen molar-refractivity contribution in [2.45, 2.75) is 0 Å². The van der Waals surface area contributed by atoms with Gasteiger partial charge in [0.2, 0.25) is 4.96 Å². The van der Waals surface area contributed by atoms with E-state index in [0.717, 1.165) is 37.7 Å². The van der Waals surface area contributed by atoms with Gasteiger partial charge in [-0.05, 0) is 29.6 Å². The molecule has 4 nitrogen and oxygen atoms in total. The summed E-state index contributed by atoms with van der Waals surface area (Å²) < 4.78 is 17.4. The van der Waals surface area contributed by atoms with Gasteiger partial charge in [-0.25, -0.2) is 13.9 Å². The fourth-order valence-corrected chi connectivity index (χ4v) is 4.45. The summed E-state index contributed by atoms with van der Waals surface area (Å²) in [7, 11) is 1.96. The molecule has 0 bridgehead atoms. The number of aromatic nitrogens is 4. The molecule has 0 atom stereocenters. The van der Waals surface area contributed by atoms with Crippen LogP contribution in [-0.4, -0.2) is 19.2 Å². The average molecular weight is 354 g/mol. The largest absolute Gasteiger partial charge is 0.350 e. The zero-order chi connectivity index (χ0) is 16.3. The summed E-state index contributed by atoms with van der Waals surface area (Å²) in [5, 5.41) is 10.5. The van der Waals surface area contributed by atoms with E-state index in [1.54, 1.807) is 28.0 Å². The monoisotopic (exact) mass is 354 g/mol. The number of halogens is 1. The molecule has 24 heavy (non-hydrogen) atoms. The molecule has 4 aromatic heterocycles. The van der Waals surface area contributed by atoms with Gasteiger partial charge in [-0.2, -0.15) is 16.4 Å². The highest BCUT2D eigenvalue weighted by molar-refractivity contribution is 7.20. The van der Waals surface area contributed by atoms with E-state index in [-0.39, 0.29) is 5.82 Å². The third-order valence-corrected chi connectivity index (χ3v) is 5.68. The van der Waals surface area contributed by atoms with E-state index in [2.05, 4.69) is 15.5 Å². The maximum absolute atomic E-state index is 13.7. The minimum Gasteiger partial charge on any atom is -0.350 e. The van der Waals surface area contributed by atoms with Gasteiger partial charge >= 0.3 is 0 Å². The summed E-state index contributed by atoms with van der Waals surface area (Å²) in [6.07, 6.45) is 3.92. The van der Waals surface area contributed by atoms with Gasteiger partial charge in [-0.3, -0.25) is 0 Å². The van der Waals surface area contributed by atoms with Crippen LogP contribution >= 0.6 is 22.7 Å². The van der Waals surface area contributed by atoms with Crippen LogP contribution in [0.3, 0.4) is 0 Å². The van der Waals surface area contributed by atoms with Gasteiger partial charge in [0.25, 0.3) is 0 Å². The minimum atomic E-state index is -0.240. The van der Waals surface area contributed by atoms with Gasteiger partial charge in [0.05, 0.1) is 11.9 Å². The molecule has 1 aromatic carbocycles. The summed E-state index contributed by atoms with van der Waals surface area (Å²) in [5.41, 5.74) is 3.94. The SMILES string of the molecule is Cn1cc(-c2nn3cc(-c4ccsc4)nc3s2)c2cc(F)ccc21. The minimum absolute atomic E-state index is 0.240. The van der Waals surface area contributed by atoms with Gasteiger partial charge in [-0.1, -0.05) is 11.3 Å². The molecule has 0 aliphatic rings. The molecule has 7 heteroatoms. The number of hydrogen-bond acceptors (Lipinski definition) is 4. The normalized spacial score (nSPS) is 11.8. The lowest BCUT2D eigenvalue weighted by Gasteiger charge is -1.95. The van der Waals surface area contributed by atoms with Gasteiger partial charge in [0.1, 0.15) is 10.8 Å². The zero-order valence-corrected chi connectivity index (χ0v) is 14.2. The molecular weight excluding hydrogens is 343 g/mol. The predicted octanol–water partition coefficient (Wildman–Crippen LogP) is 4.82. The lowest BCUT2D eigenvalue weighted by Crippen LogP contribution is -1.83. The van der Waals surface area contributed by atoms with E-state index >= 15 is 0 Å². The maximum atomic E-state index is 13.7. The van der Waals surface area contributed by atoms with Crippen molar-refractivity contribution in [2.24, 2.45) is 7.05 Å². The van der Waals surface area contributed by atoms with Gasteiger partial charge in [0.15, 0.2) is 0 Å². The molecule has 0 N–H and O–H groups in total. The number of imidazole rings is 1. The molecule has 0 spiro atoms. The molecule has 0 saturated heterocycles. The van der Waals surface area contributed by atoms with Crippen molar-refractivity contribution in [2.75, 3.05) is 0 Å². The van der Waals surface area contributed by atoms with E-state index in [4.69, 9.17) is 0 Å². The summed E-state index contributed by atoms with van der Waals surface area (Å²) in [5.74, 6) is -0.240. The second kappa shape index (κ2) is 4.99. The van der Waals surface area contributed by atoms with E-state index in [9.17, 15) is 4.39 Å². The Labute approximate surface area is 144 Å². The number of nitrogens with zero attached hydrogens (tertiary/aromatic N) is 4. The van der Waals surface area contributed by atoms with Gasteiger partial charge < -0.3 is 4.57 Å². The van der Waals surface area contributed by atoms with Crippen LogP contribution in [0.2, 0.25) is 0 Å². The Balaban J connectivity index is 1.67. The Bertz CT molecular complexity index is 1150. The zero-order valence-electron chi connectivity index (χ0n) is 12.6. The van der Waals surface area contributed by atoms with Crippen molar-refractivity contribution in [3.05, 3.63) is 53.2 Å². The Morgan fingerprint density at radius 1 is 1.17 bits per heavy atom. The summed E-state index contributed by atoms with van der Waals surface area (Å²) in [4.78, 5) is 5.48. The molecular formula is C17H11FN4S2. The molecule has 4 heterocycles. The van der Waals surface area contributed by atoms with Gasteiger partial charge in [0, 0.05) is 40.7 Å². The smallest absolute Gasteiger partial charge is 0.213 e. The molecule has 0 fully saturated rings. The molecule has 0 radical (unpaired) electrons. The highest BCUT2D eigenvalue weighted by Gasteiger charge is 2.16. The number of benzene rings is 1. The lowest BCUT2D eigenvalue weighted by molar-refractivity contribution is 0.629. The third-order valence-electron chi connectivity index (χ3n) is 4.04. The summed E-state index contributed by atoms with van der Waals surface area (Å²) in [6, 6.07) is 6.88. The van der Waals surface area contributed by atoms with Crippen LogP contribution in [0.1, 0.15) is 0 Å². The van der Waals surface area contributed by atoms with Crippen LogP contribution in [0.15, 0.2) is 47.4 Å². The van der Waals surface area contributed by atoms with Crippen molar-refractivity contribution < 1.29 is 4.39 Å². The second-order valence-corrected chi connectivity index (χ2v) is 7.32. The molecule has 5 aromatic rings. The van der Waals surface area contributed by atoms with Crippen molar-refractivity contribution in [1.82, 2.24) is 19.2 Å². The Morgan fingerprint density at radius 2 is 2.08 bits per heavy atom. The van der Waals surface area contributed by atoms with E-state index < -0.39 is 0 Å². The second-order valence-electron chi connectivity index (χ2n) is 5.59. The molecule has 0 aliphatic carbocycles. The molecule has 0 saturated carbocycles. The quantitative estimate of drug-likeness (QED) is 0.456. The Hall–Kier alpha value is -2.51. The third kappa shape index (κ3) is 2.02. The fraction of sp³-hybridized carbons (Fsp3) is 0.0588. The van der Waals surface area contributed by atoms with Crippen molar-refractivity contribution in [3.63, 3.8) is 0 Å². The lowest BCUT2D eigenvalue weighted by atomic mass is 10.2. The molecule has 0 aliphatic heterocycles. The van der Waals surface area contributed by atoms with Crippen LogP contribution in [0, 0.1) is 5.82 Å². The van der Waals surface area contributed by atoms with Crippen LogP contribution in [-0.2, 0) is 7.05 Å². The van der Waals surface area contributed by atoms with Crippen molar-refractivity contribution >= 4 is 38.5 Å². The first-order valence-electron chi connectivity index (χ1n) is 7.33. The number of aryl methyl sites for hydroxylation is 1. The van der Waals surface area contributed by atoms with E-state index in [1.165, 1.54) is 17.4 Å². The number of thiophene rings is 1. The number of fused-ring (bicyclic) bond motifs is 2. The first-order valence-corrected chi connectivity index (χ1v) is 9.09. The summed E-state index contributed by atoms with van der Waals surface area (Å²) in [6.45, 7) is 0. The highest BCUT2D eigenvalue weighted by atomic mass is 32.1. The van der Waals surface area contributed by atoms with Crippen LogP contribution in [0.4, 0.5) is 4.39 Å². The topological polar surface area (TPSA) is 35.1 Å². The average Bonchev–Trinajstić information content (AvgIpc) is 3.28. The first-order chi connectivity index (χ1) is 11.7. The van der Waals surface area contributed by atoms with Crippen LogP contribution in [0.5, 0.6) is 0 Å². The van der Waals surface area contributed by atoms with E-state index in [0.29, 0.717) is 0 Å². The predicted molar refractivity (Wildman–Crippen MR) is 96.0 cm³/mol. The molecule has 118 valence electrons. The van der Waals surface area contributed by atoms with Crippen molar-refractivity contribution in [1.29, 1.82) is 0 Å². The molecule has 5 rings (SSSR count). The van der Waals surface area contributed by atoms with Crippen LogP contribution < -0.4 is 0 Å². The highest BCUT2D eigenvalue weighted by Crippen LogP contribution is 2.34. The first kappa shape index (κ1) is 13.9. The number of rotatable bonds is 2. The van der Waals surface area contributed by atoms with E-state index in [1.807, 2.05) is 35.5 Å².